The van der Waals surface area contributed by atoms with Gasteiger partial charge in [0.2, 0.25) is 0 Å². The molecule has 1 aromatic carbocycles. The highest BCUT2D eigenvalue weighted by Gasteiger charge is 2.19. The molecule has 0 fully saturated rings. The number of rotatable bonds is 3. The van der Waals surface area contributed by atoms with Gasteiger partial charge in [0.15, 0.2) is 0 Å². The van der Waals surface area contributed by atoms with Crippen molar-refractivity contribution in [2.24, 2.45) is 0 Å². The smallest absolute Gasteiger partial charge is 0.319 e. The Morgan fingerprint density at radius 1 is 1.32 bits per heavy atom. The maximum absolute atomic E-state index is 12.2. The van der Waals surface area contributed by atoms with Gasteiger partial charge in [-0.3, -0.25) is 4.72 Å². The highest BCUT2D eigenvalue weighted by molar-refractivity contribution is 7.94. The van der Waals surface area contributed by atoms with E-state index in [-0.39, 0.29) is 16.3 Å². The number of benzene rings is 1. The summed E-state index contributed by atoms with van der Waals surface area (Å²) in [5, 5.41) is 7.25. The minimum atomic E-state index is -3.56. The molecule has 2 heterocycles. The maximum atomic E-state index is 12.2. The van der Waals surface area contributed by atoms with Crippen molar-refractivity contribution in [1.82, 2.24) is 5.32 Å². The molecular weight excluding hydrogens is 322 g/mol. The Kier molecular flexibility index (Phi) is 3.79. The first-order valence-electron chi connectivity index (χ1n) is 6.71. The Balaban J connectivity index is 1.89. The number of carbonyl (C=O) groups is 1. The van der Waals surface area contributed by atoms with Gasteiger partial charge >= 0.3 is 6.03 Å². The molecule has 2 aromatic rings. The van der Waals surface area contributed by atoms with Gasteiger partial charge in [-0.15, -0.1) is 11.3 Å². The molecule has 22 heavy (non-hydrogen) atoms. The quantitative estimate of drug-likeness (QED) is 0.804. The van der Waals surface area contributed by atoms with Gasteiger partial charge in [0, 0.05) is 17.4 Å². The van der Waals surface area contributed by atoms with Gasteiger partial charge in [-0.25, -0.2) is 13.2 Å². The Labute approximate surface area is 132 Å². The average molecular weight is 337 g/mol. The van der Waals surface area contributed by atoms with Crippen molar-refractivity contribution in [3.05, 3.63) is 41.3 Å². The van der Waals surface area contributed by atoms with Crippen LogP contribution in [0.2, 0.25) is 0 Å². The van der Waals surface area contributed by atoms with Crippen molar-refractivity contribution in [3.63, 3.8) is 0 Å². The lowest BCUT2D eigenvalue weighted by Gasteiger charge is -2.11. The van der Waals surface area contributed by atoms with Gasteiger partial charge in [-0.1, -0.05) is 6.07 Å². The van der Waals surface area contributed by atoms with Crippen LogP contribution in [0.25, 0.3) is 0 Å². The first kappa shape index (κ1) is 14.9. The highest BCUT2D eigenvalue weighted by Crippen LogP contribution is 2.26. The van der Waals surface area contributed by atoms with E-state index in [9.17, 15) is 13.2 Å². The number of fused-ring (bicyclic) bond motifs is 1. The number of amides is 2. The lowest BCUT2D eigenvalue weighted by Crippen LogP contribution is -2.34. The monoisotopic (exact) mass is 337 g/mol. The molecule has 3 N–H and O–H groups in total. The summed E-state index contributed by atoms with van der Waals surface area (Å²) in [4.78, 5) is 11.6. The summed E-state index contributed by atoms with van der Waals surface area (Å²) in [6.45, 7) is 1.90. The maximum Gasteiger partial charge on any atom is 0.319 e. The van der Waals surface area contributed by atoms with Crippen LogP contribution in [0.1, 0.15) is 12.5 Å². The van der Waals surface area contributed by atoms with E-state index in [4.69, 9.17) is 0 Å². The summed E-state index contributed by atoms with van der Waals surface area (Å²) in [5.74, 6) is 0. The molecule has 0 saturated heterocycles. The molecule has 0 aliphatic carbocycles. The van der Waals surface area contributed by atoms with Crippen LogP contribution in [0.3, 0.4) is 0 Å². The van der Waals surface area contributed by atoms with Crippen molar-refractivity contribution in [3.8, 4) is 0 Å². The van der Waals surface area contributed by atoms with E-state index < -0.39 is 10.0 Å². The van der Waals surface area contributed by atoms with Gasteiger partial charge in [0.05, 0.1) is 0 Å². The molecule has 6 nitrogen and oxygen atoms in total. The Morgan fingerprint density at radius 3 is 2.86 bits per heavy atom. The van der Waals surface area contributed by atoms with Crippen LogP contribution in [0.5, 0.6) is 0 Å². The molecule has 1 aliphatic rings. The number of nitrogens with one attached hydrogen (secondary N) is 3. The molecule has 0 spiro atoms. The third kappa shape index (κ3) is 3.07. The predicted octanol–water partition coefficient (Wildman–Crippen LogP) is 2.62. The van der Waals surface area contributed by atoms with Crippen LogP contribution in [0.15, 0.2) is 39.9 Å². The first-order chi connectivity index (χ1) is 10.4. The Bertz CT molecular complexity index is 801. The van der Waals surface area contributed by atoms with E-state index in [1.807, 2.05) is 6.92 Å². The zero-order valence-electron chi connectivity index (χ0n) is 11.8. The van der Waals surface area contributed by atoms with Crippen molar-refractivity contribution < 1.29 is 13.2 Å². The molecule has 0 bridgehead atoms. The molecular formula is C14H15N3O3S2. The van der Waals surface area contributed by atoms with E-state index in [0.29, 0.717) is 17.8 Å². The molecule has 1 atom stereocenters. The number of hydrogen-bond acceptors (Lipinski definition) is 4. The largest absolute Gasteiger partial charge is 0.335 e. The van der Waals surface area contributed by atoms with Crippen LogP contribution in [-0.4, -0.2) is 20.5 Å². The molecule has 1 unspecified atom stereocenters. The van der Waals surface area contributed by atoms with Gasteiger partial charge in [0.25, 0.3) is 10.0 Å². The molecule has 1 aromatic heterocycles. The van der Waals surface area contributed by atoms with Crippen molar-refractivity contribution in [2.45, 2.75) is 23.6 Å². The molecule has 3 rings (SSSR count). The molecule has 0 radical (unpaired) electrons. The summed E-state index contributed by atoms with van der Waals surface area (Å²) < 4.78 is 27.3. The second-order valence-electron chi connectivity index (χ2n) is 5.11. The second kappa shape index (κ2) is 5.62. The van der Waals surface area contributed by atoms with Crippen molar-refractivity contribution in [2.75, 3.05) is 10.0 Å². The number of hydrogen-bond donors (Lipinski definition) is 3. The summed E-state index contributed by atoms with van der Waals surface area (Å²) in [7, 11) is -3.56. The normalized spacial score (nSPS) is 17.9. The van der Waals surface area contributed by atoms with Gasteiger partial charge < -0.3 is 10.6 Å². The van der Waals surface area contributed by atoms with Gasteiger partial charge in [-0.2, -0.15) is 0 Å². The molecule has 1 aliphatic heterocycles. The number of anilines is 2. The third-order valence-electron chi connectivity index (χ3n) is 3.27. The topological polar surface area (TPSA) is 87.3 Å². The summed E-state index contributed by atoms with van der Waals surface area (Å²) in [6, 6.07) is 8.08. The summed E-state index contributed by atoms with van der Waals surface area (Å²) in [6.07, 6.45) is 0.628. The van der Waals surface area contributed by atoms with E-state index in [0.717, 1.165) is 16.9 Å². The van der Waals surface area contributed by atoms with Gasteiger partial charge in [-0.05, 0) is 48.6 Å². The van der Waals surface area contributed by atoms with Crippen LogP contribution in [0.4, 0.5) is 16.2 Å². The number of urea groups is 1. The Hall–Kier alpha value is -2.06. The minimum absolute atomic E-state index is 0.0228. The summed E-state index contributed by atoms with van der Waals surface area (Å²) in [5.41, 5.74) is 2.06. The standard InChI is InChI=1S/C14H15N3O3S2/c1-9-7-10-8-11(4-5-12(10)16-14(18)15-9)17-22(19,20)13-3-2-6-21-13/h2-6,8-9,17H,7H2,1H3,(H2,15,16,18). The fourth-order valence-corrected chi connectivity index (χ4v) is 4.38. The minimum Gasteiger partial charge on any atom is -0.335 e. The molecule has 0 saturated carbocycles. The fourth-order valence-electron chi connectivity index (χ4n) is 2.33. The van der Waals surface area contributed by atoms with Crippen LogP contribution < -0.4 is 15.4 Å². The molecule has 2 amide bonds. The number of carbonyl (C=O) groups excluding carboxylic acids is 1. The van der Waals surface area contributed by atoms with Crippen LogP contribution in [0, 0.1) is 0 Å². The van der Waals surface area contributed by atoms with E-state index in [1.54, 1.807) is 35.7 Å². The molecule has 8 heteroatoms. The van der Waals surface area contributed by atoms with Crippen LogP contribution in [-0.2, 0) is 16.4 Å². The van der Waals surface area contributed by atoms with E-state index in [2.05, 4.69) is 15.4 Å². The first-order valence-corrected chi connectivity index (χ1v) is 9.07. The van der Waals surface area contributed by atoms with Crippen molar-refractivity contribution in [1.29, 1.82) is 0 Å². The highest BCUT2D eigenvalue weighted by atomic mass is 32.2. The number of sulfonamides is 1. The second-order valence-corrected chi connectivity index (χ2v) is 7.97. The SMILES string of the molecule is CC1Cc2cc(NS(=O)(=O)c3cccs3)ccc2NC(=O)N1. The zero-order valence-corrected chi connectivity index (χ0v) is 13.4. The zero-order chi connectivity index (χ0) is 15.7. The average Bonchev–Trinajstić information content (AvgIpc) is 2.91. The summed E-state index contributed by atoms with van der Waals surface area (Å²) >= 11 is 1.16. The fraction of sp³-hybridized carbons (Fsp3) is 0.214. The number of thiophene rings is 1. The van der Waals surface area contributed by atoms with E-state index >= 15 is 0 Å². The lowest BCUT2D eigenvalue weighted by molar-refractivity contribution is 0.250. The Morgan fingerprint density at radius 2 is 2.14 bits per heavy atom. The predicted molar refractivity (Wildman–Crippen MR) is 86.9 cm³/mol. The lowest BCUT2D eigenvalue weighted by atomic mass is 10.1. The third-order valence-corrected chi connectivity index (χ3v) is 6.05. The molecule has 116 valence electrons. The van der Waals surface area contributed by atoms with Crippen molar-refractivity contribution >= 4 is 38.8 Å². The van der Waals surface area contributed by atoms with Gasteiger partial charge in [0.1, 0.15) is 4.21 Å². The van der Waals surface area contributed by atoms with Crippen LogP contribution >= 0.6 is 11.3 Å². The van der Waals surface area contributed by atoms with E-state index in [1.165, 1.54) is 0 Å².